The first-order valence-corrected chi connectivity index (χ1v) is 1.91. The molecule has 0 amide bonds. The van der Waals surface area contributed by atoms with Crippen molar-refractivity contribution in [3.8, 4) is 0 Å². The molecule has 0 fully saturated rings. The maximum Gasteiger partial charge on any atom is 0 e. The predicted molar refractivity (Wildman–Crippen MR) is 39.8 cm³/mol. The van der Waals surface area contributed by atoms with Gasteiger partial charge in [0.2, 0.25) is 0 Å². The van der Waals surface area contributed by atoms with Gasteiger partial charge in [0.25, 0.3) is 0 Å². The summed E-state index contributed by atoms with van der Waals surface area (Å²) < 4.78 is 0. The quantitative estimate of drug-likeness (QED) is 0.600. The zero-order valence-electron chi connectivity index (χ0n) is 5.53. The van der Waals surface area contributed by atoms with E-state index in [1.54, 1.807) is 6.92 Å². The molecule has 1 heteroatoms. The van der Waals surface area contributed by atoms with Crippen LogP contribution >= 0.6 is 0 Å². The van der Waals surface area contributed by atoms with Gasteiger partial charge in [-0.15, -0.1) is 0 Å². The average molecular weight is 287 g/mol. The maximum absolute atomic E-state index is 3.49. The van der Waals surface area contributed by atoms with Crippen LogP contribution in [0.25, 0.3) is 0 Å². The van der Waals surface area contributed by atoms with Gasteiger partial charge >= 0.3 is 0 Å². The Morgan fingerprint density at radius 2 is 1.25 bits per heavy atom. The van der Waals surface area contributed by atoms with Gasteiger partial charge in [-0.2, -0.15) is 13.3 Å². The molecule has 0 bridgehead atoms. The van der Waals surface area contributed by atoms with E-state index >= 15 is 0 Å². The maximum atomic E-state index is 3.49. The summed E-state index contributed by atoms with van der Waals surface area (Å²) in [5.41, 5.74) is 0. The zero-order valence-corrected chi connectivity index (χ0v) is 8.46. The Morgan fingerprint density at radius 1 is 1.25 bits per heavy atom. The van der Waals surface area contributed by atoms with Gasteiger partial charge in [-0.25, -0.2) is 0 Å². The average Bonchev–Trinajstić information content (AvgIpc) is 1.46. The fourth-order valence-corrected chi connectivity index (χ4v) is 0. The van der Waals surface area contributed by atoms with Crippen molar-refractivity contribution in [2.45, 2.75) is 27.7 Å². The Morgan fingerprint density at radius 3 is 1.25 bits per heavy atom. The summed E-state index contributed by atoms with van der Waals surface area (Å²) in [6.45, 7) is 10.5. The fourth-order valence-electron chi connectivity index (χ4n) is 0. The van der Waals surface area contributed by atoms with E-state index in [0.29, 0.717) is 0 Å². The van der Waals surface area contributed by atoms with Crippen molar-refractivity contribution in [1.82, 2.24) is 0 Å². The number of hydrogen-bond donors (Lipinski definition) is 0. The van der Waals surface area contributed by atoms with Crippen LogP contribution in [-0.2, 0) is 21.1 Å². The van der Waals surface area contributed by atoms with E-state index in [9.17, 15) is 0 Å². The topological polar surface area (TPSA) is 0 Å². The van der Waals surface area contributed by atoms with Crippen molar-refractivity contribution >= 4 is 0 Å². The van der Waals surface area contributed by atoms with Gasteiger partial charge in [0.05, 0.1) is 0 Å². The van der Waals surface area contributed by atoms with Crippen LogP contribution in [0, 0.1) is 21.3 Å². The Hall–Kier alpha value is 0.688. The molecular formula is C7H19W-3. The molecule has 0 saturated carbocycles. The summed E-state index contributed by atoms with van der Waals surface area (Å²) >= 11 is 0. The van der Waals surface area contributed by atoms with Crippen LogP contribution in [0.15, 0.2) is 0 Å². The van der Waals surface area contributed by atoms with Crippen molar-refractivity contribution in [3.05, 3.63) is 21.3 Å². The van der Waals surface area contributed by atoms with Crippen molar-refractivity contribution in [2.24, 2.45) is 0 Å². The molecule has 0 heterocycles. The van der Waals surface area contributed by atoms with E-state index in [4.69, 9.17) is 0 Å². The SMILES string of the molecule is C.[CH2-]C.[CH2-]CC.[CH3-].[W]. The third-order valence-corrected chi connectivity index (χ3v) is 0. The van der Waals surface area contributed by atoms with Gasteiger partial charge < -0.3 is 21.3 Å². The van der Waals surface area contributed by atoms with E-state index in [2.05, 4.69) is 13.8 Å². The molecule has 0 radical (unpaired) electrons. The minimum absolute atomic E-state index is 0. The molecule has 0 aliphatic carbocycles. The molecule has 0 N–H and O–H groups in total. The Bertz CT molecular complexity index is 4.35. The summed E-state index contributed by atoms with van der Waals surface area (Å²) in [6.07, 6.45) is 1.00. The second-order valence-electron chi connectivity index (χ2n) is 0.500. The second kappa shape index (κ2) is 121. The van der Waals surface area contributed by atoms with Crippen LogP contribution in [0.4, 0.5) is 0 Å². The molecule has 0 aromatic heterocycles. The van der Waals surface area contributed by atoms with Gasteiger partial charge in [-0.3, -0.25) is 0 Å². The summed E-state index contributed by atoms with van der Waals surface area (Å²) in [4.78, 5) is 0. The third kappa shape index (κ3) is 457. The van der Waals surface area contributed by atoms with E-state index in [-0.39, 0.29) is 35.9 Å². The number of rotatable bonds is 0. The second-order valence-corrected chi connectivity index (χ2v) is 0.500. The van der Waals surface area contributed by atoms with Gasteiger partial charge in [0, 0.05) is 21.1 Å². The van der Waals surface area contributed by atoms with E-state index in [1.807, 2.05) is 6.92 Å². The smallest absolute Gasteiger partial charge is 0 e. The van der Waals surface area contributed by atoms with Gasteiger partial charge in [-0.05, 0) is 0 Å². The molecule has 0 unspecified atom stereocenters. The van der Waals surface area contributed by atoms with Gasteiger partial charge in [-0.1, -0.05) is 14.4 Å². The molecular weight excluding hydrogens is 268 g/mol. The Kier molecular flexibility index (Phi) is 569. The normalized spacial score (nSPS) is 3.00. The minimum Gasteiger partial charge on any atom is -0.358 e. The molecule has 0 rings (SSSR count). The molecule has 56 valence electrons. The first kappa shape index (κ1) is 37.8. The molecule has 0 saturated heterocycles. The summed E-state index contributed by atoms with van der Waals surface area (Å²) in [7, 11) is 0. The predicted octanol–water partition coefficient (Wildman–Crippen LogP) is 3.15. The largest absolute Gasteiger partial charge is 0.358 e. The molecule has 0 nitrogen and oxygen atoms in total. The Balaban J connectivity index is -0.00000000567. The van der Waals surface area contributed by atoms with Crippen LogP contribution in [0.3, 0.4) is 0 Å². The first-order chi connectivity index (χ1) is 2.41. The minimum atomic E-state index is 0. The summed E-state index contributed by atoms with van der Waals surface area (Å²) in [5.74, 6) is 0. The van der Waals surface area contributed by atoms with Gasteiger partial charge in [0.15, 0.2) is 0 Å². The van der Waals surface area contributed by atoms with Crippen LogP contribution < -0.4 is 0 Å². The molecule has 0 spiro atoms. The number of hydrogen-bond acceptors (Lipinski definition) is 0. The molecule has 0 atom stereocenters. The molecule has 0 aliphatic rings. The van der Waals surface area contributed by atoms with Crippen LogP contribution in [0.1, 0.15) is 27.7 Å². The van der Waals surface area contributed by atoms with Crippen LogP contribution in [0.2, 0.25) is 0 Å². The van der Waals surface area contributed by atoms with Crippen LogP contribution in [-0.4, -0.2) is 0 Å². The van der Waals surface area contributed by atoms with Crippen molar-refractivity contribution < 1.29 is 21.1 Å². The third-order valence-electron chi connectivity index (χ3n) is 0. The van der Waals surface area contributed by atoms with Crippen molar-refractivity contribution in [2.75, 3.05) is 0 Å². The van der Waals surface area contributed by atoms with Crippen molar-refractivity contribution in [3.63, 3.8) is 0 Å². The first-order valence-electron chi connectivity index (χ1n) is 1.91. The summed E-state index contributed by atoms with van der Waals surface area (Å²) in [5, 5.41) is 0. The molecule has 0 aliphatic heterocycles. The van der Waals surface area contributed by atoms with Gasteiger partial charge in [0.1, 0.15) is 0 Å². The summed E-state index contributed by atoms with van der Waals surface area (Å²) in [6, 6.07) is 0. The molecule has 0 aromatic carbocycles. The molecule has 0 aromatic rings. The van der Waals surface area contributed by atoms with E-state index in [1.165, 1.54) is 0 Å². The van der Waals surface area contributed by atoms with E-state index in [0.717, 1.165) is 6.42 Å². The monoisotopic (exact) mass is 287 g/mol. The van der Waals surface area contributed by atoms with Crippen LogP contribution in [0.5, 0.6) is 0 Å². The zero-order chi connectivity index (χ0) is 4.71. The van der Waals surface area contributed by atoms with E-state index < -0.39 is 0 Å². The van der Waals surface area contributed by atoms with Crippen molar-refractivity contribution in [1.29, 1.82) is 0 Å². The fraction of sp³-hybridized carbons (Fsp3) is 0.571. The molecule has 8 heavy (non-hydrogen) atoms. The Labute approximate surface area is 70.3 Å². The standard InChI is InChI=1S/C3H7.C2H5.CH4.CH3.W/c1-3-2;1-2;;;/h1,3H2,2H3;1H2,2H3;1H4;1H3;/q2*-1;;-1;.